The molecule has 0 aliphatic carbocycles. The molecular formula is C22H24F4N2. The van der Waals surface area contributed by atoms with E-state index in [-0.39, 0.29) is 5.56 Å². The average Bonchev–Trinajstić information content (AvgIpc) is 2.65. The Hall–Kier alpha value is -2.50. The Balaban J connectivity index is 1.86. The Morgan fingerprint density at radius 1 is 0.821 bits per heavy atom. The van der Waals surface area contributed by atoms with E-state index in [0.29, 0.717) is 6.07 Å². The highest BCUT2D eigenvalue weighted by molar-refractivity contribution is 5.82. The third-order valence-corrected chi connectivity index (χ3v) is 4.33. The molecule has 0 fully saturated rings. The van der Waals surface area contributed by atoms with Crippen LogP contribution in [0.3, 0.4) is 0 Å². The van der Waals surface area contributed by atoms with Gasteiger partial charge in [-0.2, -0.15) is 23.4 Å². The topological polar surface area (TPSA) is 24.7 Å². The normalized spacial score (nSPS) is 12.3. The van der Waals surface area contributed by atoms with Crippen molar-refractivity contribution in [2.24, 2.45) is 10.2 Å². The summed E-state index contributed by atoms with van der Waals surface area (Å²) in [5, 5.41) is 7.63. The van der Waals surface area contributed by atoms with Crippen molar-refractivity contribution in [3.05, 3.63) is 70.5 Å². The van der Waals surface area contributed by atoms with Crippen LogP contribution in [-0.2, 0) is 12.6 Å². The number of hydrogen-bond donors (Lipinski definition) is 0. The van der Waals surface area contributed by atoms with Gasteiger partial charge in [0.2, 0.25) is 0 Å². The number of hydrogen-bond acceptors (Lipinski definition) is 2. The minimum absolute atomic E-state index is 0.209. The van der Waals surface area contributed by atoms with Gasteiger partial charge in [0.1, 0.15) is 5.82 Å². The van der Waals surface area contributed by atoms with Gasteiger partial charge in [0.15, 0.2) is 0 Å². The fourth-order valence-electron chi connectivity index (χ4n) is 2.74. The molecule has 6 heteroatoms. The van der Waals surface area contributed by atoms with Crippen molar-refractivity contribution < 1.29 is 17.6 Å². The summed E-state index contributed by atoms with van der Waals surface area (Å²) in [5.74, 6) is -1.33. The first-order valence-electron chi connectivity index (χ1n) is 9.42. The molecule has 0 saturated heterocycles. The van der Waals surface area contributed by atoms with Crippen LogP contribution in [0.5, 0.6) is 0 Å². The minimum atomic E-state index is -4.71. The summed E-state index contributed by atoms with van der Waals surface area (Å²) in [5.41, 5.74) is 1.06. The average molecular weight is 392 g/mol. The molecule has 0 bridgehead atoms. The molecule has 0 spiro atoms. The first-order valence-corrected chi connectivity index (χ1v) is 9.42. The Kier molecular flexibility index (Phi) is 8.36. The van der Waals surface area contributed by atoms with E-state index in [1.165, 1.54) is 43.9 Å². The molecule has 0 aliphatic rings. The number of nitrogens with zero attached hydrogens (tertiary/aromatic N) is 2. The van der Waals surface area contributed by atoms with Crippen molar-refractivity contribution in [1.82, 2.24) is 0 Å². The van der Waals surface area contributed by atoms with Crippen LogP contribution < -0.4 is 0 Å². The molecule has 0 saturated carbocycles. The lowest BCUT2D eigenvalue weighted by atomic mass is 10.0. The van der Waals surface area contributed by atoms with Gasteiger partial charge < -0.3 is 0 Å². The Morgan fingerprint density at radius 2 is 1.43 bits per heavy atom. The maximum Gasteiger partial charge on any atom is 0.419 e. The van der Waals surface area contributed by atoms with Gasteiger partial charge in [0.05, 0.1) is 18.0 Å². The van der Waals surface area contributed by atoms with E-state index >= 15 is 0 Å². The second kappa shape index (κ2) is 10.7. The molecule has 150 valence electrons. The van der Waals surface area contributed by atoms with E-state index < -0.39 is 17.6 Å². The lowest BCUT2D eigenvalue weighted by molar-refractivity contribution is -0.140. The third-order valence-electron chi connectivity index (χ3n) is 4.33. The smallest absolute Gasteiger partial charge is 0.206 e. The SMILES string of the molecule is CCCCCCCc1ccc(C=NN=Cc2ccc(C(F)(F)F)c(F)c2)cc1. The number of halogens is 4. The van der Waals surface area contributed by atoms with E-state index in [0.717, 1.165) is 24.1 Å². The Labute approximate surface area is 163 Å². The predicted molar refractivity (Wildman–Crippen MR) is 105 cm³/mol. The number of aryl methyl sites for hydroxylation is 1. The molecule has 2 nitrogen and oxygen atoms in total. The number of alkyl halides is 3. The van der Waals surface area contributed by atoms with Crippen molar-refractivity contribution in [2.75, 3.05) is 0 Å². The van der Waals surface area contributed by atoms with E-state index in [9.17, 15) is 17.6 Å². The van der Waals surface area contributed by atoms with Crippen LogP contribution in [0, 0.1) is 5.82 Å². The highest BCUT2D eigenvalue weighted by Gasteiger charge is 2.33. The van der Waals surface area contributed by atoms with Gasteiger partial charge in [0, 0.05) is 0 Å². The van der Waals surface area contributed by atoms with Crippen LogP contribution in [0.25, 0.3) is 0 Å². The standard InChI is InChI=1S/C22H24F4N2/c1-2-3-4-5-6-7-17-8-10-18(11-9-17)15-27-28-16-19-12-13-20(21(23)14-19)22(24,25)26/h8-16H,2-7H2,1H3. The molecule has 0 amide bonds. The molecule has 2 aromatic rings. The van der Waals surface area contributed by atoms with E-state index in [2.05, 4.69) is 29.3 Å². The zero-order chi connectivity index (χ0) is 20.4. The summed E-state index contributed by atoms with van der Waals surface area (Å²) in [6, 6.07) is 10.6. The van der Waals surface area contributed by atoms with Crippen LogP contribution in [-0.4, -0.2) is 12.4 Å². The second-order valence-corrected chi connectivity index (χ2v) is 6.63. The van der Waals surface area contributed by atoms with E-state index in [1.54, 1.807) is 6.21 Å². The summed E-state index contributed by atoms with van der Waals surface area (Å²) in [6.07, 6.45) is 5.34. The molecular weight excluding hydrogens is 368 g/mol. The summed E-state index contributed by atoms with van der Waals surface area (Å²) in [4.78, 5) is 0. The minimum Gasteiger partial charge on any atom is -0.206 e. The van der Waals surface area contributed by atoms with Gasteiger partial charge in [-0.1, -0.05) is 62.9 Å². The van der Waals surface area contributed by atoms with Gasteiger partial charge in [-0.05, 0) is 41.7 Å². The van der Waals surface area contributed by atoms with Crippen LogP contribution in [0.1, 0.15) is 61.3 Å². The zero-order valence-corrected chi connectivity index (χ0v) is 15.8. The Morgan fingerprint density at radius 3 is 2.04 bits per heavy atom. The van der Waals surface area contributed by atoms with Gasteiger partial charge in [0.25, 0.3) is 0 Å². The predicted octanol–water partition coefficient (Wildman–Crippen LogP) is 6.81. The fourth-order valence-corrected chi connectivity index (χ4v) is 2.74. The van der Waals surface area contributed by atoms with Crippen LogP contribution in [0.4, 0.5) is 17.6 Å². The van der Waals surface area contributed by atoms with Crippen LogP contribution in [0.15, 0.2) is 52.7 Å². The molecule has 0 atom stereocenters. The fraction of sp³-hybridized carbons (Fsp3) is 0.364. The maximum absolute atomic E-state index is 13.5. The van der Waals surface area contributed by atoms with Gasteiger partial charge in [-0.3, -0.25) is 0 Å². The summed E-state index contributed by atoms with van der Waals surface area (Å²) in [6.45, 7) is 2.20. The van der Waals surface area contributed by atoms with Crippen molar-refractivity contribution >= 4 is 12.4 Å². The number of benzene rings is 2. The van der Waals surface area contributed by atoms with E-state index in [1.807, 2.05) is 12.1 Å². The monoisotopic (exact) mass is 392 g/mol. The third kappa shape index (κ3) is 7.25. The second-order valence-electron chi connectivity index (χ2n) is 6.63. The van der Waals surface area contributed by atoms with Crippen LogP contribution in [0.2, 0.25) is 0 Å². The first kappa shape index (κ1) is 21.8. The molecule has 28 heavy (non-hydrogen) atoms. The van der Waals surface area contributed by atoms with E-state index in [4.69, 9.17) is 0 Å². The highest BCUT2D eigenvalue weighted by atomic mass is 19.4. The van der Waals surface area contributed by atoms with Crippen molar-refractivity contribution in [3.8, 4) is 0 Å². The van der Waals surface area contributed by atoms with Gasteiger partial charge in [-0.15, -0.1) is 0 Å². The molecule has 0 radical (unpaired) electrons. The number of rotatable bonds is 9. The molecule has 0 aromatic heterocycles. The first-order chi connectivity index (χ1) is 13.4. The van der Waals surface area contributed by atoms with Crippen molar-refractivity contribution in [2.45, 2.75) is 51.6 Å². The Bertz CT molecular complexity index is 793. The molecule has 2 rings (SSSR count). The van der Waals surface area contributed by atoms with Gasteiger partial charge in [-0.25, -0.2) is 4.39 Å². The zero-order valence-electron chi connectivity index (χ0n) is 15.8. The summed E-state index contributed by atoms with van der Waals surface area (Å²) < 4.78 is 51.1. The van der Waals surface area contributed by atoms with Crippen molar-refractivity contribution in [3.63, 3.8) is 0 Å². The summed E-state index contributed by atoms with van der Waals surface area (Å²) >= 11 is 0. The quantitative estimate of drug-likeness (QED) is 0.194. The molecule has 0 N–H and O–H groups in total. The highest BCUT2D eigenvalue weighted by Crippen LogP contribution is 2.31. The molecule has 0 unspecified atom stereocenters. The summed E-state index contributed by atoms with van der Waals surface area (Å²) in [7, 11) is 0. The molecule has 0 heterocycles. The van der Waals surface area contributed by atoms with Crippen LogP contribution >= 0.6 is 0 Å². The lowest BCUT2D eigenvalue weighted by Gasteiger charge is -2.07. The van der Waals surface area contributed by atoms with Crippen molar-refractivity contribution in [1.29, 1.82) is 0 Å². The van der Waals surface area contributed by atoms with Gasteiger partial charge >= 0.3 is 6.18 Å². The lowest BCUT2D eigenvalue weighted by Crippen LogP contribution is -2.08. The maximum atomic E-state index is 13.5. The molecule has 2 aromatic carbocycles. The number of unbranched alkanes of at least 4 members (excludes halogenated alkanes) is 4. The largest absolute Gasteiger partial charge is 0.419 e. The molecule has 0 aliphatic heterocycles.